The molecule has 2 aliphatic rings. The van der Waals surface area contributed by atoms with Gasteiger partial charge in [-0.05, 0) is 25.7 Å². The first-order valence-corrected chi connectivity index (χ1v) is 7.98. The van der Waals surface area contributed by atoms with E-state index in [9.17, 15) is 14.7 Å². The third kappa shape index (κ3) is 2.46. The second-order valence-corrected chi connectivity index (χ2v) is 6.10. The Morgan fingerprint density at radius 1 is 1.14 bits per heavy atom. The highest BCUT2D eigenvalue weighted by Crippen LogP contribution is 2.34. The Bertz CT molecular complexity index is 651. The highest BCUT2D eigenvalue weighted by Gasteiger charge is 2.37. The van der Waals surface area contributed by atoms with Crippen LogP contribution in [0.15, 0.2) is 35.0 Å². The highest BCUT2D eigenvalue weighted by molar-refractivity contribution is 6.49. The number of nitrogens with zero attached hydrogens (tertiary/aromatic N) is 1. The Labute approximate surface area is 134 Å². The van der Waals surface area contributed by atoms with Gasteiger partial charge in [0.25, 0.3) is 0 Å². The summed E-state index contributed by atoms with van der Waals surface area (Å²) in [6.45, 7) is 0.752. The van der Waals surface area contributed by atoms with E-state index in [1.807, 2.05) is 4.90 Å². The number of hydrogen-bond donors (Lipinski definition) is 1. The predicted molar refractivity (Wildman–Crippen MR) is 84.0 cm³/mol. The van der Waals surface area contributed by atoms with Crippen molar-refractivity contribution in [1.82, 2.24) is 4.90 Å². The van der Waals surface area contributed by atoms with Gasteiger partial charge in [0.1, 0.15) is 10.7 Å². The van der Waals surface area contributed by atoms with Crippen LogP contribution in [0.25, 0.3) is 0 Å². The van der Waals surface area contributed by atoms with E-state index in [0.29, 0.717) is 29.8 Å². The summed E-state index contributed by atoms with van der Waals surface area (Å²) < 4.78 is 0. The van der Waals surface area contributed by atoms with E-state index in [2.05, 4.69) is 0 Å². The van der Waals surface area contributed by atoms with Crippen molar-refractivity contribution in [3.63, 3.8) is 0 Å². The number of aliphatic hydroxyl groups is 1. The Morgan fingerprint density at radius 3 is 2.50 bits per heavy atom. The molecule has 1 N–H and O–H groups in total. The van der Waals surface area contributed by atoms with Crippen LogP contribution < -0.4 is 0 Å². The van der Waals surface area contributed by atoms with E-state index in [4.69, 9.17) is 11.6 Å². The van der Waals surface area contributed by atoms with Gasteiger partial charge in [-0.1, -0.05) is 35.9 Å². The molecule has 4 nitrogen and oxygen atoms in total. The van der Waals surface area contributed by atoms with E-state index in [-0.39, 0.29) is 29.2 Å². The molecule has 116 valence electrons. The monoisotopic (exact) mass is 319 g/mol. The Balaban J connectivity index is 2.04. The van der Waals surface area contributed by atoms with Gasteiger partial charge in [-0.2, -0.15) is 0 Å². The van der Waals surface area contributed by atoms with Crippen molar-refractivity contribution in [3.05, 3.63) is 46.1 Å². The minimum atomic E-state index is -0.291. The molecule has 1 aromatic rings. The molecule has 1 atom stereocenters. The molecule has 1 saturated heterocycles. The van der Waals surface area contributed by atoms with E-state index < -0.39 is 0 Å². The lowest BCUT2D eigenvalue weighted by atomic mass is 9.89. The number of allylic oxidation sites excluding steroid dienone is 2. The number of hydrogen-bond acceptors (Lipinski definition) is 4. The molecule has 0 radical (unpaired) electrons. The van der Waals surface area contributed by atoms with E-state index in [1.165, 1.54) is 0 Å². The third-order valence-corrected chi connectivity index (χ3v) is 4.77. The lowest BCUT2D eigenvalue weighted by Gasteiger charge is -2.39. The second-order valence-electron chi connectivity index (χ2n) is 5.72. The number of Topliss-reactive ketones (excluding diaryl/α,β-unsaturated/α-hetero) is 2. The summed E-state index contributed by atoms with van der Waals surface area (Å²) in [7, 11) is 0. The molecule has 0 amide bonds. The molecule has 5 heteroatoms. The molecular formula is C17H18ClNO3. The van der Waals surface area contributed by atoms with Crippen LogP contribution >= 0.6 is 11.6 Å². The average Bonchev–Trinajstić information content (AvgIpc) is 2.55. The third-order valence-electron chi connectivity index (χ3n) is 4.42. The smallest absolute Gasteiger partial charge is 0.211 e. The number of likely N-dealkylation sites (tertiary alicyclic amines) is 1. The summed E-state index contributed by atoms with van der Waals surface area (Å²) in [4.78, 5) is 27.2. The number of benzene rings is 1. The normalized spacial score (nSPS) is 22.1. The number of carbonyl (C=O) groups excluding carboxylic acids is 2. The van der Waals surface area contributed by atoms with Crippen molar-refractivity contribution in [2.75, 3.05) is 13.2 Å². The van der Waals surface area contributed by atoms with Gasteiger partial charge in [-0.25, -0.2) is 0 Å². The minimum absolute atomic E-state index is 0.00791. The molecule has 0 bridgehead atoms. The summed E-state index contributed by atoms with van der Waals surface area (Å²) in [6, 6.07) is 6.85. The fourth-order valence-corrected chi connectivity index (χ4v) is 3.63. The minimum Gasteiger partial charge on any atom is -0.396 e. The number of halogens is 1. The first kappa shape index (κ1) is 15.3. The molecule has 0 spiro atoms. The fraction of sp³-hybridized carbons (Fsp3) is 0.412. The molecule has 1 heterocycles. The van der Waals surface area contributed by atoms with Gasteiger partial charge in [-0.15, -0.1) is 0 Å². The van der Waals surface area contributed by atoms with Crippen LogP contribution in [0.5, 0.6) is 0 Å². The van der Waals surface area contributed by atoms with Crippen molar-refractivity contribution in [2.24, 2.45) is 0 Å². The summed E-state index contributed by atoms with van der Waals surface area (Å²) >= 11 is 6.26. The highest BCUT2D eigenvalue weighted by atomic mass is 35.5. The quantitative estimate of drug-likeness (QED) is 0.930. The molecule has 22 heavy (non-hydrogen) atoms. The van der Waals surface area contributed by atoms with Gasteiger partial charge in [-0.3, -0.25) is 9.59 Å². The number of fused-ring (bicyclic) bond motifs is 1. The van der Waals surface area contributed by atoms with Crippen molar-refractivity contribution in [3.8, 4) is 0 Å². The van der Waals surface area contributed by atoms with Gasteiger partial charge in [0, 0.05) is 30.3 Å². The van der Waals surface area contributed by atoms with Crippen LogP contribution in [0.1, 0.15) is 46.4 Å². The zero-order valence-electron chi connectivity index (χ0n) is 12.2. The lowest BCUT2D eigenvalue weighted by molar-refractivity contribution is 0.0888. The SMILES string of the molecule is O=C1C(Cl)=C(N2CCCC[C@H]2CCO)C(=O)c2ccccc21. The average molecular weight is 320 g/mol. The molecule has 3 rings (SSSR count). The first-order valence-electron chi connectivity index (χ1n) is 7.61. The maximum atomic E-state index is 12.8. The Morgan fingerprint density at radius 2 is 1.82 bits per heavy atom. The molecule has 1 fully saturated rings. The molecule has 0 unspecified atom stereocenters. The summed E-state index contributed by atoms with van der Waals surface area (Å²) in [6.07, 6.45) is 3.50. The summed E-state index contributed by atoms with van der Waals surface area (Å²) in [5, 5.41) is 9.26. The molecule has 0 aromatic heterocycles. The Kier molecular flexibility index (Phi) is 4.32. The zero-order chi connectivity index (χ0) is 15.7. The van der Waals surface area contributed by atoms with Gasteiger partial charge in [0.05, 0.1) is 0 Å². The standard InChI is InChI=1S/C17H18ClNO3/c18-14-15(19-9-4-3-5-11(19)8-10-20)17(22)13-7-2-1-6-12(13)16(14)21/h1-2,6-7,11,20H,3-5,8-10H2/t11-/m0/s1. The van der Waals surface area contributed by atoms with Gasteiger partial charge >= 0.3 is 0 Å². The first-order chi connectivity index (χ1) is 10.6. The topological polar surface area (TPSA) is 57.6 Å². The van der Waals surface area contributed by atoms with Crippen LogP contribution in [0.3, 0.4) is 0 Å². The molecule has 1 aliphatic carbocycles. The van der Waals surface area contributed by atoms with Gasteiger partial charge in [0.2, 0.25) is 11.6 Å². The second kappa shape index (κ2) is 6.23. The largest absolute Gasteiger partial charge is 0.396 e. The number of piperidine rings is 1. The number of aliphatic hydroxyl groups excluding tert-OH is 1. The Hall–Kier alpha value is -1.65. The van der Waals surface area contributed by atoms with Crippen LogP contribution in [0, 0.1) is 0 Å². The zero-order valence-corrected chi connectivity index (χ0v) is 13.0. The molecule has 0 saturated carbocycles. The maximum absolute atomic E-state index is 12.8. The van der Waals surface area contributed by atoms with Crippen LogP contribution in [-0.4, -0.2) is 40.8 Å². The van der Waals surface area contributed by atoms with E-state index in [0.717, 1.165) is 19.3 Å². The van der Waals surface area contributed by atoms with Crippen LogP contribution in [0.2, 0.25) is 0 Å². The van der Waals surface area contributed by atoms with Crippen molar-refractivity contribution in [1.29, 1.82) is 0 Å². The van der Waals surface area contributed by atoms with E-state index in [1.54, 1.807) is 24.3 Å². The fourth-order valence-electron chi connectivity index (χ4n) is 3.33. The number of carbonyl (C=O) groups is 2. The molecular weight excluding hydrogens is 302 g/mol. The summed E-state index contributed by atoms with van der Waals surface area (Å²) in [5.41, 5.74) is 1.10. The van der Waals surface area contributed by atoms with Crippen molar-refractivity contribution in [2.45, 2.75) is 31.7 Å². The van der Waals surface area contributed by atoms with Gasteiger partial charge in [0.15, 0.2) is 0 Å². The van der Waals surface area contributed by atoms with Crippen LogP contribution in [0.4, 0.5) is 0 Å². The predicted octanol–water partition coefficient (Wildman–Crippen LogP) is 2.75. The van der Waals surface area contributed by atoms with Crippen molar-refractivity contribution < 1.29 is 14.7 Å². The van der Waals surface area contributed by atoms with Crippen LogP contribution in [-0.2, 0) is 0 Å². The molecule has 1 aromatic carbocycles. The van der Waals surface area contributed by atoms with Gasteiger partial charge < -0.3 is 10.0 Å². The van der Waals surface area contributed by atoms with E-state index >= 15 is 0 Å². The number of rotatable bonds is 3. The maximum Gasteiger partial charge on any atom is 0.211 e. The lowest BCUT2D eigenvalue weighted by Crippen LogP contribution is -2.43. The van der Waals surface area contributed by atoms with Crippen molar-refractivity contribution >= 4 is 23.2 Å². The molecule has 1 aliphatic heterocycles. The summed E-state index contributed by atoms with van der Waals surface area (Å²) in [5.74, 6) is -0.481. The number of ketones is 2.